The molecule has 1 aliphatic heterocycles. The first kappa shape index (κ1) is 16.9. The summed E-state index contributed by atoms with van der Waals surface area (Å²) in [5.74, 6) is 1.68. The van der Waals surface area contributed by atoms with Gasteiger partial charge < -0.3 is 9.80 Å². The van der Waals surface area contributed by atoms with Crippen LogP contribution in [0.1, 0.15) is 23.8 Å². The molecule has 0 bridgehead atoms. The zero-order valence-corrected chi connectivity index (χ0v) is 16.3. The molecular weight excluding hydrogens is 359 g/mol. The molecule has 1 fully saturated rings. The minimum Gasteiger partial charge on any atom is -0.366 e. The van der Waals surface area contributed by atoms with E-state index in [4.69, 9.17) is 0 Å². The van der Waals surface area contributed by atoms with Gasteiger partial charge in [0.05, 0.1) is 11.1 Å². The molecule has 0 N–H and O–H groups in total. The van der Waals surface area contributed by atoms with Gasteiger partial charge in [0.1, 0.15) is 22.8 Å². The van der Waals surface area contributed by atoms with Crippen LogP contribution in [0, 0.1) is 11.7 Å². The summed E-state index contributed by atoms with van der Waals surface area (Å²) in [4.78, 5) is 16.3. The summed E-state index contributed by atoms with van der Waals surface area (Å²) in [6.07, 6.45) is 5.24. The Morgan fingerprint density at radius 1 is 1.07 bits per heavy atom. The highest BCUT2D eigenvalue weighted by Gasteiger charge is 2.27. The Balaban J connectivity index is 1.43. The number of fused-ring (bicyclic) bond motifs is 3. The van der Waals surface area contributed by atoms with Crippen LogP contribution >= 0.6 is 11.3 Å². The fourth-order valence-electron chi connectivity index (χ4n) is 4.37. The van der Waals surface area contributed by atoms with Gasteiger partial charge in [0.15, 0.2) is 0 Å². The van der Waals surface area contributed by atoms with E-state index in [1.807, 2.05) is 23.5 Å². The van der Waals surface area contributed by atoms with Gasteiger partial charge in [0.25, 0.3) is 0 Å². The topological polar surface area (TPSA) is 32.3 Å². The molecule has 0 radical (unpaired) electrons. The van der Waals surface area contributed by atoms with Gasteiger partial charge in [-0.3, -0.25) is 0 Å². The molecule has 3 aromatic rings. The normalized spacial score (nSPS) is 20.1. The Morgan fingerprint density at radius 2 is 1.85 bits per heavy atom. The fourth-order valence-corrected chi connectivity index (χ4v) is 5.71. The minimum atomic E-state index is -0.142. The highest BCUT2D eigenvalue weighted by Crippen LogP contribution is 2.40. The third-order valence-electron chi connectivity index (χ3n) is 5.84. The second kappa shape index (κ2) is 6.75. The molecular formula is C21H23FN4S. The summed E-state index contributed by atoms with van der Waals surface area (Å²) in [6, 6.07) is 7.04. The monoisotopic (exact) mass is 382 g/mol. The lowest BCUT2D eigenvalue weighted by Gasteiger charge is -2.37. The molecule has 0 unspecified atom stereocenters. The average Bonchev–Trinajstić information content (AvgIpc) is 3.06. The first-order valence-corrected chi connectivity index (χ1v) is 10.5. The van der Waals surface area contributed by atoms with E-state index in [2.05, 4.69) is 26.7 Å². The second-order valence-corrected chi connectivity index (χ2v) is 8.74. The van der Waals surface area contributed by atoms with Crippen LogP contribution in [0.2, 0.25) is 0 Å². The number of aromatic nitrogens is 2. The van der Waals surface area contributed by atoms with Crippen LogP contribution in [0.5, 0.6) is 0 Å². The lowest BCUT2D eigenvalue weighted by Crippen LogP contribution is -2.47. The van der Waals surface area contributed by atoms with Crippen molar-refractivity contribution in [2.24, 2.45) is 5.92 Å². The van der Waals surface area contributed by atoms with Gasteiger partial charge in [-0.05, 0) is 42.9 Å². The van der Waals surface area contributed by atoms with Gasteiger partial charge >= 0.3 is 0 Å². The molecule has 3 heterocycles. The maximum Gasteiger partial charge on any atom is 0.146 e. The second-order valence-electron chi connectivity index (χ2n) is 7.65. The first-order valence-electron chi connectivity index (χ1n) is 9.70. The van der Waals surface area contributed by atoms with E-state index in [0.717, 1.165) is 55.6 Å². The third-order valence-corrected chi connectivity index (χ3v) is 7.01. The summed E-state index contributed by atoms with van der Waals surface area (Å²) in [6.45, 7) is 5.64. The molecule has 0 spiro atoms. The van der Waals surface area contributed by atoms with E-state index in [1.54, 1.807) is 12.4 Å². The Morgan fingerprint density at radius 3 is 2.67 bits per heavy atom. The number of rotatable bonds is 2. The summed E-state index contributed by atoms with van der Waals surface area (Å²) in [5.41, 5.74) is 2.17. The fraction of sp³-hybridized carbons (Fsp3) is 0.429. The summed E-state index contributed by atoms with van der Waals surface area (Å²) >= 11 is 1.84. The van der Waals surface area contributed by atoms with Crippen LogP contribution < -0.4 is 9.80 Å². The van der Waals surface area contributed by atoms with Crippen molar-refractivity contribution in [3.8, 4) is 0 Å². The Kier molecular flexibility index (Phi) is 4.23. The quantitative estimate of drug-likeness (QED) is 0.662. The van der Waals surface area contributed by atoms with E-state index >= 15 is 0 Å². The largest absolute Gasteiger partial charge is 0.366 e. The maximum absolute atomic E-state index is 14.1. The number of anilines is 2. The number of hydrogen-bond acceptors (Lipinski definition) is 5. The van der Waals surface area contributed by atoms with Crippen LogP contribution in [0.15, 0.2) is 30.6 Å². The number of aryl methyl sites for hydroxylation is 1. The maximum atomic E-state index is 14.1. The van der Waals surface area contributed by atoms with Gasteiger partial charge in [-0.15, -0.1) is 11.3 Å². The zero-order chi connectivity index (χ0) is 18.4. The molecule has 140 valence electrons. The predicted molar refractivity (Wildman–Crippen MR) is 109 cm³/mol. The van der Waals surface area contributed by atoms with E-state index in [-0.39, 0.29) is 5.82 Å². The number of piperazine rings is 1. The summed E-state index contributed by atoms with van der Waals surface area (Å²) in [5, 5.41) is 1.27. The van der Waals surface area contributed by atoms with Crippen LogP contribution in [-0.2, 0) is 12.8 Å². The van der Waals surface area contributed by atoms with Crippen LogP contribution in [0.3, 0.4) is 0 Å². The molecule has 2 aliphatic rings. The summed E-state index contributed by atoms with van der Waals surface area (Å²) in [7, 11) is 0. The number of hydrogen-bond donors (Lipinski definition) is 0. The van der Waals surface area contributed by atoms with Crippen molar-refractivity contribution in [2.45, 2.75) is 26.2 Å². The van der Waals surface area contributed by atoms with Gasteiger partial charge in [-0.1, -0.05) is 19.1 Å². The zero-order valence-electron chi connectivity index (χ0n) is 15.5. The molecule has 1 saturated heterocycles. The highest BCUT2D eigenvalue weighted by atomic mass is 32.1. The van der Waals surface area contributed by atoms with Gasteiger partial charge in [0, 0.05) is 31.1 Å². The Labute approximate surface area is 162 Å². The number of halogens is 1. The van der Waals surface area contributed by atoms with E-state index in [1.165, 1.54) is 28.3 Å². The van der Waals surface area contributed by atoms with Crippen LogP contribution in [0.4, 0.5) is 15.9 Å². The van der Waals surface area contributed by atoms with Crippen LogP contribution in [-0.4, -0.2) is 36.1 Å². The molecule has 0 saturated carbocycles. The molecule has 2 aromatic heterocycles. The first-order chi connectivity index (χ1) is 13.2. The highest BCUT2D eigenvalue weighted by molar-refractivity contribution is 7.19. The predicted octanol–water partition coefficient (Wildman–Crippen LogP) is 4.28. The average molecular weight is 383 g/mol. The number of thiophene rings is 1. The third kappa shape index (κ3) is 2.96. The minimum absolute atomic E-state index is 0.142. The van der Waals surface area contributed by atoms with Crippen LogP contribution in [0.25, 0.3) is 10.2 Å². The molecule has 4 nitrogen and oxygen atoms in total. The molecule has 27 heavy (non-hydrogen) atoms. The van der Waals surface area contributed by atoms with Crippen molar-refractivity contribution >= 4 is 33.1 Å². The lowest BCUT2D eigenvalue weighted by atomic mass is 9.89. The van der Waals surface area contributed by atoms with E-state index < -0.39 is 0 Å². The van der Waals surface area contributed by atoms with Crippen molar-refractivity contribution in [1.29, 1.82) is 0 Å². The van der Waals surface area contributed by atoms with Gasteiger partial charge in [-0.2, -0.15) is 0 Å². The molecule has 5 rings (SSSR count). The number of nitrogens with zero attached hydrogens (tertiary/aromatic N) is 4. The SMILES string of the molecule is C[C@@H]1CCc2c(sc3ncnc(N4CCN(c5ccccc5F)CC4)c23)C1. The standard InChI is InChI=1S/C21H23FN4S/c1-14-6-7-15-18(12-14)27-21-19(15)20(23-13-24-21)26-10-8-25(9-11-26)17-5-3-2-4-16(17)22/h2-5,13-14H,6-12H2,1H3/t14-/m1/s1. The van der Waals surface area contributed by atoms with Crippen molar-refractivity contribution in [3.63, 3.8) is 0 Å². The van der Waals surface area contributed by atoms with Crippen molar-refractivity contribution in [3.05, 3.63) is 46.9 Å². The molecule has 1 aromatic carbocycles. The van der Waals surface area contributed by atoms with Crippen molar-refractivity contribution in [1.82, 2.24) is 9.97 Å². The smallest absolute Gasteiger partial charge is 0.146 e. The van der Waals surface area contributed by atoms with Crippen molar-refractivity contribution < 1.29 is 4.39 Å². The molecule has 1 aliphatic carbocycles. The lowest BCUT2D eigenvalue weighted by molar-refractivity contribution is 0.509. The molecule has 0 amide bonds. The molecule has 6 heteroatoms. The Hall–Kier alpha value is -2.21. The summed E-state index contributed by atoms with van der Waals surface area (Å²) < 4.78 is 14.1. The molecule has 1 atom stereocenters. The number of benzene rings is 1. The van der Waals surface area contributed by atoms with E-state index in [0.29, 0.717) is 5.69 Å². The van der Waals surface area contributed by atoms with E-state index in [9.17, 15) is 4.39 Å². The Bertz CT molecular complexity index is 977. The van der Waals surface area contributed by atoms with Gasteiger partial charge in [-0.25, -0.2) is 14.4 Å². The number of para-hydroxylation sites is 1. The van der Waals surface area contributed by atoms with Crippen molar-refractivity contribution in [2.75, 3.05) is 36.0 Å². The van der Waals surface area contributed by atoms with Gasteiger partial charge in [0.2, 0.25) is 0 Å².